The highest BCUT2D eigenvalue weighted by Crippen LogP contribution is 2.12. The lowest BCUT2D eigenvalue weighted by Crippen LogP contribution is -1.95. The van der Waals surface area contributed by atoms with Crippen molar-refractivity contribution in [1.29, 1.82) is 0 Å². The molecule has 0 fully saturated rings. The third-order valence-corrected chi connectivity index (χ3v) is 4.15. The number of rotatable bonds is 2. The van der Waals surface area contributed by atoms with Crippen LogP contribution in [-0.2, 0) is 0 Å². The van der Waals surface area contributed by atoms with Crippen molar-refractivity contribution in [3.63, 3.8) is 0 Å². The number of tetrazole rings is 2. The number of nitrogens with zero attached hydrogens (tertiary/aromatic N) is 6. The van der Waals surface area contributed by atoms with Crippen LogP contribution in [0.1, 0.15) is 0 Å². The van der Waals surface area contributed by atoms with Crippen LogP contribution in [0.15, 0.2) is 48.5 Å². The molecule has 0 aliphatic carbocycles. The second kappa shape index (κ2) is 8.32. The predicted molar refractivity (Wildman–Crippen MR) is 103 cm³/mol. The van der Waals surface area contributed by atoms with Gasteiger partial charge in [-0.25, -0.2) is 9.36 Å². The molecule has 132 valence electrons. The Balaban J connectivity index is 0.000000151. The fraction of sp³-hybridized carbons (Fsp3) is 0. The summed E-state index contributed by atoms with van der Waals surface area (Å²) in [5.74, 6) is 0. The smallest absolute Gasteiger partial charge is 0.210 e. The van der Waals surface area contributed by atoms with Gasteiger partial charge in [-0.1, -0.05) is 43.8 Å². The summed E-state index contributed by atoms with van der Waals surface area (Å²) in [5.41, 5.74) is 1.72. The Kier molecular flexibility index (Phi) is 5.89. The van der Waals surface area contributed by atoms with Crippen molar-refractivity contribution in [1.82, 2.24) is 40.4 Å². The fourth-order valence-corrected chi connectivity index (χ4v) is 2.54. The number of hydrogen-bond acceptors (Lipinski definition) is 6. The number of hydrogen-bond donors (Lipinski definition) is 2. The van der Waals surface area contributed by atoms with Gasteiger partial charge in [0.05, 0.1) is 11.4 Å². The van der Waals surface area contributed by atoms with Gasteiger partial charge < -0.3 is 0 Å². The van der Waals surface area contributed by atoms with E-state index in [1.807, 2.05) is 24.3 Å². The number of nitrogens with one attached hydrogen (secondary N) is 2. The minimum atomic E-state index is 0.391. The monoisotopic (exact) mass is 424 g/mol. The van der Waals surface area contributed by atoms with Gasteiger partial charge in [0, 0.05) is 10.0 Å². The largest absolute Gasteiger partial charge is 0.242 e. The third-order valence-electron chi connectivity index (χ3n) is 3.11. The van der Waals surface area contributed by atoms with Gasteiger partial charge in [-0.05, 0) is 73.0 Å². The zero-order valence-corrected chi connectivity index (χ0v) is 16.0. The highest BCUT2D eigenvalue weighted by atomic mass is 35.5. The van der Waals surface area contributed by atoms with E-state index in [1.54, 1.807) is 33.6 Å². The lowest BCUT2D eigenvalue weighted by molar-refractivity contribution is 0.786. The SMILES string of the molecule is S=c1nn[nH]n1-c1ccc(Cl)cc1.S=c1nn[nH]n1-c1ccc(Cl)cc1. The molecule has 0 spiro atoms. The van der Waals surface area contributed by atoms with Crippen LogP contribution in [0.5, 0.6) is 0 Å². The highest BCUT2D eigenvalue weighted by Gasteiger charge is 1.99. The third kappa shape index (κ3) is 4.41. The second-order valence-electron chi connectivity index (χ2n) is 4.79. The topological polar surface area (TPSA) is 93.0 Å². The summed E-state index contributed by atoms with van der Waals surface area (Å²) in [5, 5.41) is 21.1. The quantitative estimate of drug-likeness (QED) is 0.473. The maximum Gasteiger partial charge on any atom is 0.242 e. The van der Waals surface area contributed by atoms with E-state index in [1.165, 1.54) is 0 Å². The van der Waals surface area contributed by atoms with Crippen molar-refractivity contribution in [2.75, 3.05) is 0 Å². The lowest BCUT2D eigenvalue weighted by Gasteiger charge is -1.98. The Morgan fingerprint density at radius 3 is 1.27 bits per heavy atom. The summed E-state index contributed by atoms with van der Waals surface area (Å²) in [7, 11) is 0. The number of halogens is 2. The van der Waals surface area contributed by atoms with Crippen molar-refractivity contribution in [2.24, 2.45) is 0 Å². The number of aromatic nitrogens is 8. The van der Waals surface area contributed by atoms with E-state index >= 15 is 0 Å². The van der Waals surface area contributed by atoms with Gasteiger partial charge in [0.15, 0.2) is 0 Å². The highest BCUT2D eigenvalue weighted by molar-refractivity contribution is 7.71. The van der Waals surface area contributed by atoms with E-state index < -0.39 is 0 Å². The Bertz CT molecular complexity index is 1010. The van der Waals surface area contributed by atoms with E-state index in [0.29, 0.717) is 19.6 Å². The molecule has 0 amide bonds. The van der Waals surface area contributed by atoms with Crippen LogP contribution in [-0.4, -0.2) is 40.4 Å². The molecule has 4 aromatic rings. The summed E-state index contributed by atoms with van der Waals surface area (Å²) in [4.78, 5) is 0. The van der Waals surface area contributed by atoms with Crippen LogP contribution >= 0.6 is 47.6 Å². The molecule has 0 radical (unpaired) electrons. The Morgan fingerprint density at radius 1 is 0.654 bits per heavy atom. The van der Waals surface area contributed by atoms with Crippen molar-refractivity contribution in [3.8, 4) is 11.4 Å². The van der Waals surface area contributed by atoms with Gasteiger partial charge in [0.1, 0.15) is 0 Å². The Morgan fingerprint density at radius 2 is 1.00 bits per heavy atom. The lowest BCUT2D eigenvalue weighted by atomic mass is 10.3. The van der Waals surface area contributed by atoms with Gasteiger partial charge in [0.25, 0.3) is 0 Å². The molecule has 0 saturated carbocycles. The minimum Gasteiger partial charge on any atom is -0.210 e. The molecule has 0 atom stereocenters. The molecule has 4 rings (SSSR count). The summed E-state index contributed by atoms with van der Waals surface area (Å²) < 4.78 is 3.96. The summed E-state index contributed by atoms with van der Waals surface area (Å²) in [6.07, 6.45) is 0. The Hall–Kier alpha value is -2.40. The predicted octanol–water partition coefficient (Wildman–Crippen LogP) is 3.96. The number of aromatic amines is 2. The molecule has 2 heterocycles. The van der Waals surface area contributed by atoms with Crippen LogP contribution in [0.2, 0.25) is 10.0 Å². The van der Waals surface area contributed by atoms with Gasteiger partial charge in [-0.2, -0.15) is 10.4 Å². The van der Waals surface area contributed by atoms with Gasteiger partial charge in [-0.15, -0.1) is 0 Å². The van der Waals surface area contributed by atoms with Crippen LogP contribution in [0.4, 0.5) is 0 Å². The van der Waals surface area contributed by atoms with Crippen LogP contribution < -0.4 is 0 Å². The molecule has 0 unspecified atom stereocenters. The average molecular weight is 425 g/mol. The van der Waals surface area contributed by atoms with Crippen molar-refractivity contribution in [3.05, 3.63) is 68.1 Å². The molecule has 0 aliphatic rings. The summed E-state index contributed by atoms with van der Waals surface area (Å²) in [6, 6.07) is 14.4. The Labute approximate surface area is 167 Å². The summed E-state index contributed by atoms with van der Waals surface area (Å²) in [6.45, 7) is 0. The van der Waals surface area contributed by atoms with Crippen LogP contribution in [0.25, 0.3) is 11.4 Å². The van der Waals surface area contributed by atoms with Crippen molar-refractivity contribution in [2.45, 2.75) is 0 Å². The van der Waals surface area contributed by atoms with E-state index in [-0.39, 0.29) is 0 Å². The van der Waals surface area contributed by atoms with E-state index in [2.05, 4.69) is 31.1 Å². The number of benzene rings is 2. The molecule has 2 N–H and O–H groups in total. The van der Waals surface area contributed by atoms with E-state index in [9.17, 15) is 0 Å². The maximum absolute atomic E-state index is 5.74. The van der Waals surface area contributed by atoms with Crippen LogP contribution in [0, 0.1) is 9.54 Å². The normalized spacial score (nSPS) is 10.2. The molecule has 0 saturated heterocycles. The first-order valence-corrected chi connectivity index (χ1v) is 8.64. The van der Waals surface area contributed by atoms with E-state index in [0.717, 1.165) is 11.4 Å². The van der Waals surface area contributed by atoms with Crippen molar-refractivity contribution >= 4 is 47.6 Å². The molecule has 8 nitrogen and oxygen atoms in total. The molecule has 2 aromatic heterocycles. The molecular weight excluding hydrogens is 415 g/mol. The van der Waals surface area contributed by atoms with Gasteiger partial charge in [-0.3, -0.25) is 0 Å². The first kappa shape index (κ1) is 18.4. The standard InChI is InChI=1S/2C7H5ClN4S/c2*8-5-1-3-6(4-2-5)12-7(13)9-10-11-12/h2*1-4H,(H,9,11,13). The first-order valence-electron chi connectivity index (χ1n) is 7.07. The molecule has 0 aliphatic heterocycles. The van der Waals surface area contributed by atoms with E-state index in [4.69, 9.17) is 47.6 Å². The zero-order chi connectivity index (χ0) is 18.5. The van der Waals surface area contributed by atoms with Crippen molar-refractivity contribution < 1.29 is 0 Å². The zero-order valence-electron chi connectivity index (χ0n) is 12.9. The second-order valence-corrected chi connectivity index (χ2v) is 6.39. The first-order chi connectivity index (χ1) is 12.5. The van der Waals surface area contributed by atoms with Gasteiger partial charge >= 0.3 is 0 Å². The summed E-state index contributed by atoms with van der Waals surface area (Å²) >= 11 is 21.3. The average Bonchev–Trinajstić information content (AvgIpc) is 3.25. The molecule has 26 heavy (non-hydrogen) atoms. The minimum absolute atomic E-state index is 0.391. The van der Waals surface area contributed by atoms with Crippen LogP contribution in [0.3, 0.4) is 0 Å². The molecular formula is C14H10Cl2N8S2. The molecule has 2 aromatic carbocycles. The molecule has 12 heteroatoms. The fourth-order valence-electron chi connectivity index (χ4n) is 1.91. The maximum atomic E-state index is 5.74. The molecule has 0 bridgehead atoms. The number of H-pyrrole nitrogens is 2. The van der Waals surface area contributed by atoms with Gasteiger partial charge in [0.2, 0.25) is 9.54 Å².